The number of carbonyl (C=O) groups is 1. The van der Waals surface area contributed by atoms with Crippen LogP contribution in [0.4, 0.5) is 17.6 Å². The quantitative estimate of drug-likeness (QED) is 0.173. The molecule has 0 heterocycles. The summed E-state index contributed by atoms with van der Waals surface area (Å²) in [6.45, 7) is 2.41. The molecule has 1 aliphatic rings. The molecule has 4 rings (SSSR count). The van der Waals surface area contributed by atoms with Gasteiger partial charge >= 0.3 is 0 Å². The van der Waals surface area contributed by atoms with Crippen LogP contribution in [0, 0.1) is 29.2 Å². The number of carbonyl (C=O) groups excluding carboxylic acids is 1. The molecule has 8 heteroatoms. The summed E-state index contributed by atoms with van der Waals surface area (Å²) >= 11 is 0. The maximum atomic E-state index is 15.1. The van der Waals surface area contributed by atoms with Crippen molar-refractivity contribution in [3.63, 3.8) is 0 Å². The molecule has 0 spiro atoms. The summed E-state index contributed by atoms with van der Waals surface area (Å²) in [7, 11) is 2.48. The fraction of sp³-hybridized carbons (Fsp3) is 0.276. The predicted molar refractivity (Wildman–Crippen MR) is 131 cm³/mol. The van der Waals surface area contributed by atoms with Crippen LogP contribution in [0.5, 0.6) is 17.2 Å². The Labute approximate surface area is 212 Å². The Morgan fingerprint density at radius 2 is 1.65 bits per heavy atom. The van der Waals surface area contributed by atoms with Crippen molar-refractivity contribution < 1.29 is 36.6 Å². The molecule has 194 valence electrons. The SMILES string of the molecule is CCCOc1cccc(C2CC(c3ccc(F)cc3)=CC2C(=O)c2cc(F)c(F)c(OC)c2F)c1OC. The smallest absolute Gasteiger partial charge is 0.203 e. The van der Waals surface area contributed by atoms with E-state index in [-0.39, 0.29) is 0 Å². The predicted octanol–water partition coefficient (Wildman–Crippen LogP) is 7.12. The highest BCUT2D eigenvalue weighted by molar-refractivity contribution is 6.02. The molecular weight excluding hydrogens is 488 g/mol. The minimum Gasteiger partial charge on any atom is -0.493 e. The zero-order valence-electron chi connectivity index (χ0n) is 20.6. The third-order valence-electron chi connectivity index (χ3n) is 6.43. The van der Waals surface area contributed by atoms with Gasteiger partial charge < -0.3 is 14.2 Å². The van der Waals surface area contributed by atoms with Gasteiger partial charge in [-0.05, 0) is 48.2 Å². The van der Waals surface area contributed by atoms with Crippen molar-refractivity contribution in [3.8, 4) is 17.2 Å². The second-order valence-corrected chi connectivity index (χ2v) is 8.69. The van der Waals surface area contributed by atoms with Gasteiger partial charge in [-0.25, -0.2) is 13.2 Å². The van der Waals surface area contributed by atoms with Crippen LogP contribution in [0.2, 0.25) is 0 Å². The molecule has 3 aromatic carbocycles. The first kappa shape index (κ1) is 26.3. The molecule has 37 heavy (non-hydrogen) atoms. The van der Waals surface area contributed by atoms with Crippen molar-refractivity contribution in [2.75, 3.05) is 20.8 Å². The lowest BCUT2D eigenvalue weighted by atomic mass is 9.82. The van der Waals surface area contributed by atoms with E-state index in [1.54, 1.807) is 36.4 Å². The molecule has 1 aliphatic carbocycles. The van der Waals surface area contributed by atoms with E-state index >= 15 is 4.39 Å². The molecule has 0 aliphatic heterocycles. The summed E-state index contributed by atoms with van der Waals surface area (Å²) in [6.07, 6.45) is 2.76. The number of para-hydroxylation sites is 1. The Morgan fingerprint density at radius 1 is 0.946 bits per heavy atom. The van der Waals surface area contributed by atoms with E-state index in [1.165, 1.54) is 19.2 Å². The lowest BCUT2D eigenvalue weighted by Gasteiger charge is -2.23. The van der Waals surface area contributed by atoms with Gasteiger partial charge in [-0.2, -0.15) is 4.39 Å². The Morgan fingerprint density at radius 3 is 2.30 bits per heavy atom. The maximum absolute atomic E-state index is 15.1. The number of halogens is 4. The first-order valence-corrected chi connectivity index (χ1v) is 11.8. The van der Waals surface area contributed by atoms with Crippen molar-refractivity contribution in [1.29, 1.82) is 0 Å². The highest BCUT2D eigenvalue weighted by Crippen LogP contribution is 2.49. The van der Waals surface area contributed by atoms with E-state index in [0.29, 0.717) is 41.7 Å². The first-order chi connectivity index (χ1) is 17.8. The van der Waals surface area contributed by atoms with Crippen molar-refractivity contribution in [2.24, 2.45) is 5.92 Å². The van der Waals surface area contributed by atoms with Gasteiger partial charge in [-0.15, -0.1) is 0 Å². The number of Topliss-reactive ketones (excluding diaryl/α,β-unsaturated/α-hetero) is 1. The molecule has 4 nitrogen and oxygen atoms in total. The highest BCUT2D eigenvalue weighted by atomic mass is 19.2. The third kappa shape index (κ3) is 5.05. The van der Waals surface area contributed by atoms with Crippen molar-refractivity contribution in [3.05, 3.63) is 94.6 Å². The average Bonchev–Trinajstić information content (AvgIpc) is 3.35. The van der Waals surface area contributed by atoms with Crippen LogP contribution in [0.3, 0.4) is 0 Å². The molecule has 0 radical (unpaired) electrons. The molecule has 0 saturated carbocycles. The Balaban J connectivity index is 1.84. The van der Waals surface area contributed by atoms with Gasteiger partial charge in [-0.1, -0.05) is 37.3 Å². The summed E-state index contributed by atoms with van der Waals surface area (Å²) in [6, 6.07) is 11.6. The Hall–Kier alpha value is -3.81. The summed E-state index contributed by atoms with van der Waals surface area (Å²) in [5.41, 5.74) is 1.42. The molecule has 0 saturated heterocycles. The van der Waals surface area contributed by atoms with Crippen LogP contribution in [0.1, 0.15) is 47.2 Å². The van der Waals surface area contributed by atoms with E-state index in [0.717, 1.165) is 19.1 Å². The minimum atomic E-state index is -1.51. The fourth-order valence-corrected chi connectivity index (χ4v) is 4.69. The molecule has 0 aromatic heterocycles. The number of hydrogen-bond donors (Lipinski definition) is 0. The van der Waals surface area contributed by atoms with E-state index < -0.39 is 52.2 Å². The molecule has 2 unspecified atom stereocenters. The largest absolute Gasteiger partial charge is 0.493 e. The normalized spacial score (nSPS) is 16.9. The van der Waals surface area contributed by atoms with Gasteiger partial charge in [0.05, 0.1) is 26.4 Å². The van der Waals surface area contributed by atoms with Crippen molar-refractivity contribution in [2.45, 2.75) is 25.7 Å². The van der Waals surface area contributed by atoms with Gasteiger partial charge in [0.1, 0.15) is 5.82 Å². The van der Waals surface area contributed by atoms with Crippen LogP contribution < -0.4 is 14.2 Å². The molecular formula is C29H26F4O4. The van der Waals surface area contributed by atoms with Gasteiger partial charge in [0.2, 0.25) is 5.82 Å². The Kier molecular flexibility index (Phi) is 7.86. The van der Waals surface area contributed by atoms with Crippen LogP contribution in [0.25, 0.3) is 5.57 Å². The molecule has 0 N–H and O–H groups in total. The molecule has 2 atom stereocenters. The number of ether oxygens (including phenoxy) is 3. The van der Waals surface area contributed by atoms with Crippen molar-refractivity contribution in [1.82, 2.24) is 0 Å². The molecule has 0 bridgehead atoms. The number of hydrogen-bond acceptors (Lipinski definition) is 4. The molecule has 0 amide bonds. The third-order valence-corrected chi connectivity index (χ3v) is 6.43. The van der Waals surface area contributed by atoms with Gasteiger partial charge in [-0.3, -0.25) is 4.79 Å². The second-order valence-electron chi connectivity index (χ2n) is 8.69. The number of rotatable bonds is 9. The van der Waals surface area contributed by atoms with Gasteiger partial charge in [0, 0.05) is 17.4 Å². The van der Waals surface area contributed by atoms with E-state index in [9.17, 15) is 18.0 Å². The van der Waals surface area contributed by atoms with Crippen LogP contribution in [-0.4, -0.2) is 26.6 Å². The average molecular weight is 515 g/mol. The number of ketones is 1. The zero-order chi connectivity index (χ0) is 26.7. The summed E-state index contributed by atoms with van der Waals surface area (Å²) in [5.74, 6) is -6.90. The summed E-state index contributed by atoms with van der Waals surface area (Å²) in [5, 5.41) is 0. The lowest BCUT2D eigenvalue weighted by molar-refractivity contribution is 0.0928. The van der Waals surface area contributed by atoms with E-state index in [1.807, 2.05) is 6.92 Å². The van der Waals surface area contributed by atoms with Crippen LogP contribution in [0.15, 0.2) is 54.6 Å². The molecule has 0 fully saturated rings. The van der Waals surface area contributed by atoms with Gasteiger partial charge in [0.15, 0.2) is 34.7 Å². The minimum absolute atomic E-state index is 0.331. The lowest BCUT2D eigenvalue weighted by Crippen LogP contribution is -2.20. The topological polar surface area (TPSA) is 44.8 Å². The van der Waals surface area contributed by atoms with E-state index in [2.05, 4.69) is 4.74 Å². The van der Waals surface area contributed by atoms with Crippen LogP contribution >= 0.6 is 0 Å². The van der Waals surface area contributed by atoms with Gasteiger partial charge in [0.25, 0.3) is 0 Å². The number of methoxy groups -OCH3 is 2. The highest BCUT2D eigenvalue weighted by Gasteiger charge is 2.39. The number of benzene rings is 3. The Bertz CT molecular complexity index is 1330. The van der Waals surface area contributed by atoms with Crippen molar-refractivity contribution >= 4 is 11.4 Å². The summed E-state index contributed by atoms with van der Waals surface area (Å²) < 4.78 is 73.2. The first-order valence-electron chi connectivity index (χ1n) is 11.8. The molecule has 3 aromatic rings. The maximum Gasteiger partial charge on any atom is 0.203 e. The second kappa shape index (κ2) is 11.1. The number of allylic oxidation sites excluding steroid dienone is 2. The zero-order valence-corrected chi connectivity index (χ0v) is 20.6. The summed E-state index contributed by atoms with van der Waals surface area (Å²) in [4.78, 5) is 13.7. The van der Waals surface area contributed by atoms with Crippen LogP contribution in [-0.2, 0) is 0 Å². The fourth-order valence-electron chi connectivity index (χ4n) is 4.69. The standard InChI is InChI=1S/C29H26F4O4/c1-4-12-37-24-7-5-6-19(28(24)35-2)20-13-17(16-8-10-18(30)11-9-16)14-21(20)27(34)22-15-23(31)26(33)29(36-3)25(22)32/h5-11,14-15,20-21H,4,12-13H2,1-3H3. The monoisotopic (exact) mass is 514 g/mol. The van der Waals surface area contributed by atoms with E-state index in [4.69, 9.17) is 9.47 Å².